The van der Waals surface area contributed by atoms with Crippen LogP contribution in [0.5, 0.6) is 0 Å². The SMILES string of the molecule is CCOCCS(=O)(=O)N(CC)c1ccc(CN)cc1. The van der Waals surface area contributed by atoms with Gasteiger partial charge in [0, 0.05) is 19.7 Å². The minimum absolute atomic E-state index is 0.00663. The quantitative estimate of drug-likeness (QED) is 0.732. The van der Waals surface area contributed by atoms with E-state index in [9.17, 15) is 8.42 Å². The van der Waals surface area contributed by atoms with E-state index in [1.165, 1.54) is 4.31 Å². The minimum Gasteiger partial charge on any atom is -0.381 e. The van der Waals surface area contributed by atoms with Crippen molar-refractivity contribution in [2.75, 3.05) is 29.8 Å². The van der Waals surface area contributed by atoms with Gasteiger partial charge in [0.1, 0.15) is 0 Å². The van der Waals surface area contributed by atoms with Crippen molar-refractivity contribution in [2.24, 2.45) is 5.73 Å². The standard InChI is InChI=1S/C13H22N2O3S/c1-3-15(19(16,17)10-9-18-4-2)13-7-5-12(11-14)6-8-13/h5-8H,3-4,9-11,14H2,1-2H3. The summed E-state index contributed by atoms with van der Waals surface area (Å²) < 4.78 is 30.9. The second-order valence-electron chi connectivity index (χ2n) is 4.05. The molecule has 1 aromatic rings. The van der Waals surface area contributed by atoms with Crippen molar-refractivity contribution < 1.29 is 13.2 Å². The van der Waals surface area contributed by atoms with Crippen LogP contribution in [0.3, 0.4) is 0 Å². The van der Waals surface area contributed by atoms with Crippen LogP contribution in [0.15, 0.2) is 24.3 Å². The topological polar surface area (TPSA) is 72.6 Å². The van der Waals surface area contributed by atoms with Crippen LogP contribution in [-0.2, 0) is 21.3 Å². The first kappa shape index (κ1) is 15.9. The van der Waals surface area contributed by atoms with Crippen LogP contribution in [0.25, 0.3) is 0 Å². The molecule has 0 radical (unpaired) electrons. The molecule has 6 heteroatoms. The van der Waals surface area contributed by atoms with E-state index in [2.05, 4.69) is 0 Å². The molecule has 19 heavy (non-hydrogen) atoms. The summed E-state index contributed by atoms with van der Waals surface area (Å²) >= 11 is 0. The summed E-state index contributed by atoms with van der Waals surface area (Å²) in [5, 5.41) is 0. The van der Waals surface area contributed by atoms with Gasteiger partial charge in [-0.05, 0) is 31.5 Å². The van der Waals surface area contributed by atoms with Gasteiger partial charge in [-0.3, -0.25) is 4.31 Å². The fraction of sp³-hybridized carbons (Fsp3) is 0.538. The first-order valence-corrected chi connectivity index (χ1v) is 8.03. The number of rotatable bonds is 8. The Morgan fingerprint density at radius 1 is 1.21 bits per heavy atom. The number of nitrogens with two attached hydrogens (primary N) is 1. The second kappa shape index (κ2) is 7.47. The summed E-state index contributed by atoms with van der Waals surface area (Å²) in [5.41, 5.74) is 7.17. The third kappa shape index (κ3) is 4.49. The highest BCUT2D eigenvalue weighted by Crippen LogP contribution is 2.18. The van der Waals surface area contributed by atoms with Crippen LogP contribution in [0, 0.1) is 0 Å². The van der Waals surface area contributed by atoms with E-state index < -0.39 is 10.0 Å². The van der Waals surface area contributed by atoms with Crippen molar-refractivity contribution in [3.8, 4) is 0 Å². The molecule has 1 rings (SSSR count). The summed E-state index contributed by atoms with van der Waals surface area (Å²) in [6, 6.07) is 7.25. The van der Waals surface area contributed by atoms with Gasteiger partial charge >= 0.3 is 0 Å². The Bertz CT molecular complexity index is 471. The van der Waals surface area contributed by atoms with E-state index in [4.69, 9.17) is 10.5 Å². The Morgan fingerprint density at radius 3 is 2.32 bits per heavy atom. The van der Waals surface area contributed by atoms with Crippen LogP contribution in [0.2, 0.25) is 0 Å². The highest BCUT2D eigenvalue weighted by Gasteiger charge is 2.20. The lowest BCUT2D eigenvalue weighted by Gasteiger charge is -2.23. The van der Waals surface area contributed by atoms with Crippen molar-refractivity contribution >= 4 is 15.7 Å². The Kier molecular flexibility index (Phi) is 6.27. The highest BCUT2D eigenvalue weighted by molar-refractivity contribution is 7.92. The fourth-order valence-corrected chi connectivity index (χ4v) is 3.14. The molecule has 1 aromatic carbocycles. The first-order valence-electron chi connectivity index (χ1n) is 6.42. The molecule has 0 bridgehead atoms. The molecule has 0 saturated heterocycles. The van der Waals surface area contributed by atoms with Gasteiger partial charge < -0.3 is 10.5 Å². The van der Waals surface area contributed by atoms with Crippen molar-refractivity contribution in [1.29, 1.82) is 0 Å². The van der Waals surface area contributed by atoms with Crippen LogP contribution in [-0.4, -0.2) is 33.9 Å². The third-order valence-electron chi connectivity index (χ3n) is 2.77. The number of hydrogen-bond donors (Lipinski definition) is 1. The second-order valence-corrected chi connectivity index (χ2v) is 6.06. The van der Waals surface area contributed by atoms with E-state index in [1.54, 1.807) is 12.1 Å². The lowest BCUT2D eigenvalue weighted by Crippen LogP contribution is -2.34. The van der Waals surface area contributed by atoms with E-state index in [1.807, 2.05) is 26.0 Å². The summed E-state index contributed by atoms with van der Waals surface area (Å²) in [4.78, 5) is 0. The van der Waals surface area contributed by atoms with E-state index >= 15 is 0 Å². The Labute approximate surface area is 115 Å². The van der Waals surface area contributed by atoms with Crippen molar-refractivity contribution in [2.45, 2.75) is 20.4 Å². The zero-order valence-electron chi connectivity index (χ0n) is 11.5. The molecule has 0 aliphatic heterocycles. The summed E-state index contributed by atoms with van der Waals surface area (Å²) in [6.45, 7) is 5.24. The minimum atomic E-state index is -3.34. The largest absolute Gasteiger partial charge is 0.381 e. The lowest BCUT2D eigenvalue weighted by atomic mass is 10.2. The molecule has 0 amide bonds. The molecular weight excluding hydrogens is 264 g/mol. The first-order chi connectivity index (χ1) is 9.05. The lowest BCUT2D eigenvalue weighted by molar-refractivity contribution is 0.163. The van der Waals surface area contributed by atoms with Gasteiger partial charge in [0.15, 0.2) is 0 Å². The Morgan fingerprint density at radius 2 is 1.84 bits per heavy atom. The summed E-state index contributed by atoms with van der Waals surface area (Å²) in [7, 11) is -3.34. The molecule has 0 aliphatic rings. The molecule has 0 aliphatic carbocycles. The summed E-state index contributed by atoms with van der Waals surface area (Å²) in [5.74, 6) is -0.00663. The van der Waals surface area contributed by atoms with Crippen molar-refractivity contribution in [3.05, 3.63) is 29.8 Å². The number of hydrogen-bond acceptors (Lipinski definition) is 4. The molecular formula is C13H22N2O3S. The fourth-order valence-electron chi connectivity index (χ4n) is 1.76. The maximum Gasteiger partial charge on any atom is 0.237 e. The van der Waals surface area contributed by atoms with Crippen molar-refractivity contribution in [1.82, 2.24) is 0 Å². The van der Waals surface area contributed by atoms with Gasteiger partial charge in [-0.2, -0.15) is 0 Å². The van der Waals surface area contributed by atoms with E-state index in [-0.39, 0.29) is 12.4 Å². The van der Waals surface area contributed by atoms with Crippen LogP contribution < -0.4 is 10.0 Å². The smallest absolute Gasteiger partial charge is 0.237 e. The predicted octanol–water partition coefficient (Wildman–Crippen LogP) is 1.34. The molecule has 0 heterocycles. The van der Waals surface area contributed by atoms with Gasteiger partial charge in [0.25, 0.3) is 0 Å². The predicted molar refractivity (Wildman–Crippen MR) is 77.6 cm³/mol. The molecule has 0 fully saturated rings. The monoisotopic (exact) mass is 286 g/mol. The summed E-state index contributed by atoms with van der Waals surface area (Å²) in [6.07, 6.45) is 0. The normalized spacial score (nSPS) is 11.5. The van der Waals surface area contributed by atoms with E-state index in [0.29, 0.717) is 25.4 Å². The number of benzene rings is 1. The zero-order valence-corrected chi connectivity index (χ0v) is 12.3. The molecule has 0 spiro atoms. The van der Waals surface area contributed by atoms with Crippen LogP contribution in [0.1, 0.15) is 19.4 Å². The maximum absolute atomic E-state index is 12.2. The van der Waals surface area contributed by atoms with Gasteiger partial charge in [-0.15, -0.1) is 0 Å². The number of ether oxygens (including phenoxy) is 1. The third-order valence-corrected chi connectivity index (χ3v) is 4.60. The molecule has 0 aromatic heterocycles. The van der Waals surface area contributed by atoms with E-state index in [0.717, 1.165) is 5.56 Å². The van der Waals surface area contributed by atoms with Crippen LogP contribution >= 0.6 is 0 Å². The number of anilines is 1. The number of nitrogens with zero attached hydrogens (tertiary/aromatic N) is 1. The molecule has 5 nitrogen and oxygen atoms in total. The molecule has 0 unspecified atom stereocenters. The Hall–Kier alpha value is -1.11. The molecule has 108 valence electrons. The average Bonchev–Trinajstić information content (AvgIpc) is 2.40. The Balaban J connectivity index is 2.85. The molecule has 2 N–H and O–H groups in total. The average molecular weight is 286 g/mol. The van der Waals surface area contributed by atoms with Gasteiger partial charge in [-0.1, -0.05) is 12.1 Å². The number of sulfonamides is 1. The van der Waals surface area contributed by atoms with Crippen molar-refractivity contribution in [3.63, 3.8) is 0 Å². The van der Waals surface area contributed by atoms with Gasteiger partial charge in [0.2, 0.25) is 10.0 Å². The van der Waals surface area contributed by atoms with Gasteiger partial charge in [-0.25, -0.2) is 8.42 Å². The highest BCUT2D eigenvalue weighted by atomic mass is 32.2. The van der Waals surface area contributed by atoms with Crippen LogP contribution in [0.4, 0.5) is 5.69 Å². The molecule has 0 atom stereocenters. The zero-order chi connectivity index (χ0) is 14.3. The maximum atomic E-state index is 12.2. The molecule has 0 saturated carbocycles. The van der Waals surface area contributed by atoms with Gasteiger partial charge in [0.05, 0.1) is 18.0 Å².